The first-order chi connectivity index (χ1) is 29.8. The van der Waals surface area contributed by atoms with E-state index in [0.29, 0.717) is 18.7 Å². The van der Waals surface area contributed by atoms with Crippen molar-refractivity contribution in [3.8, 4) is 16.9 Å². The Balaban J connectivity index is 0.737. The Labute approximate surface area is 357 Å². The van der Waals surface area contributed by atoms with E-state index in [-0.39, 0.29) is 66.4 Å². The number of carbonyl (C=O) groups is 7. The van der Waals surface area contributed by atoms with Crippen molar-refractivity contribution in [1.82, 2.24) is 42.5 Å². The van der Waals surface area contributed by atoms with Gasteiger partial charge < -0.3 is 58.1 Å². The molecule has 8 rings (SSSR count). The van der Waals surface area contributed by atoms with Crippen LogP contribution in [0.2, 0.25) is 0 Å². The summed E-state index contributed by atoms with van der Waals surface area (Å²) in [6, 6.07) is 17.5. The number of amides is 7. The van der Waals surface area contributed by atoms with Crippen LogP contribution >= 0.6 is 0 Å². The van der Waals surface area contributed by atoms with Gasteiger partial charge in [-0.2, -0.15) is 0 Å². The van der Waals surface area contributed by atoms with Gasteiger partial charge in [-0.25, -0.2) is 4.79 Å². The van der Waals surface area contributed by atoms with Gasteiger partial charge in [-0.05, 0) is 65.6 Å². The highest BCUT2D eigenvalue weighted by molar-refractivity contribution is 5.93. The minimum atomic E-state index is -1.02. The lowest BCUT2D eigenvalue weighted by atomic mass is 9.98. The van der Waals surface area contributed by atoms with E-state index >= 15 is 0 Å². The fraction of sp³-hybridized carbons (Fsp3) is 0.432. The third kappa shape index (κ3) is 8.78. The van der Waals surface area contributed by atoms with Crippen LogP contribution in [-0.4, -0.2) is 115 Å². The number of nitrogens with one attached hydrogen (secondary N) is 8. The third-order valence-corrected chi connectivity index (χ3v) is 12.9. The van der Waals surface area contributed by atoms with E-state index < -0.39 is 72.4 Å². The average molecular weight is 850 g/mol. The number of phenolic OH excluding ortho intramolecular Hbond substituents is 1. The van der Waals surface area contributed by atoms with Crippen LogP contribution in [0.1, 0.15) is 36.5 Å². The number of alkyl carbamates (subject to hydrolysis) is 1. The Morgan fingerprint density at radius 1 is 0.726 bits per heavy atom. The number of ether oxygens (including phenoxy) is 1. The molecule has 2 saturated heterocycles. The summed E-state index contributed by atoms with van der Waals surface area (Å²) in [5.74, 6) is -3.44. The highest BCUT2D eigenvalue weighted by atomic mass is 16.5. The number of benzene rings is 3. The van der Waals surface area contributed by atoms with Gasteiger partial charge in [0.2, 0.25) is 35.4 Å². The molecule has 4 fully saturated rings. The Kier molecular flexibility index (Phi) is 11.9. The number of fused-ring (bicyclic) bond motifs is 5. The van der Waals surface area contributed by atoms with Crippen molar-refractivity contribution in [3.05, 3.63) is 89.5 Å². The van der Waals surface area contributed by atoms with Gasteiger partial charge in [0, 0.05) is 49.3 Å². The molecule has 11 atom stereocenters. The van der Waals surface area contributed by atoms with Crippen molar-refractivity contribution in [2.24, 2.45) is 29.4 Å². The van der Waals surface area contributed by atoms with Crippen molar-refractivity contribution < 1.29 is 43.4 Å². The van der Waals surface area contributed by atoms with Gasteiger partial charge >= 0.3 is 6.09 Å². The van der Waals surface area contributed by atoms with Gasteiger partial charge in [0.1, 0.15) is 30.5 Å². The lowest BCUT2D eigenvalue weighted by Crippen LogP contribution is -2.54. The molecular formula is C44H51N9O9. The first-order valence-corrected chi connectivity index (χ1v) is 20.9. The molecule has 5 aliphatic rings. The molecule has 18 nitrogen and oxygen atoms in total. The summed E-state index contributed by atoms with van der Waals surface area (Å²) in [5.41, 5.74) is 10.5. The highest BCUT2D eigenvalue weighted by Crippen LogP contribution is 2.47. The minimum absolute atomic E-state index is 0.00916. The van der Waals surface area contributed by atoms with Gasteiger partial charge in [0.05, 0.1) is 18.6 Å². The zero-order valence-corrected chi connectivity index (χ0v) is 34.2. The van der Waals surface area contributed by atoms with Crippen molar-refractivity contribution in [3.63, 3.8) is 0 Å². The number of primary amides is 1. The second-order valence-electron chi connectivity index (χ2n) is 16.9. The van der Waals surface area contributed by atoms with Crippen molar-refractivity contribution in [2.45, 2.75) is 68.5 Å². The Morgan fingerprint density at radius 2 is 1.26 bits per heavy atom. The molecule has 0 radical (unpaired) electrons. The van der Waals surface area contributed by atoms with E-state index in [1.807, 2.05) is 36.4 Å². The van der Waals surface area contributed by atoms with Crippen LogP contribution in [0.25, 0.3) is 11.1 Å². The molecule has 11 N–H and O–H groups in total. The van der Waals surface area contributed by atoms with Crippen LogP contribution in [0.5, 0.6) is 5.75 Å². The van der Waals surface area contributed by atoms with E-state index in [4.69, 9.17) is 10.5 Å². The SMILES string of the molecule is C[C@H](NC(=O)OCC1c2ccccc2-c2ccccc21)C(=O)N[C@H]1[C@@H]2CN[C@@H](C(=O)N[C@@H](C)C(=O)N[C@H]3[C@@H]4CN[C@@H](C(=O)NCC(=O)N[C@@H](Cc5ccc(O)cc5)C(N)=O)[C@@H]43)[C@@H]21. The number of phenols is 1. The summed E-state index contributed by atoms with van der Waals surface area (Å²) in [7, 11) is 0. The fourth-order valence-electron chi connectivity index (χ4n) is 9.42. The molecule has 3 aliphatic carbocycles. The van der Waals surface area contributed by atoms with Crippen LogP contribution in [0.3, 0.4) is 0 Å². The van der Waals surface area contributed by atoms with E-state index in [9.17, 15) is 38.7 Å². The number of hydrogen-bond acceptors (Lipinski definition) is 11. The van der Waals surface area contributed by atoms with E-state index in [2.05, 4.69) is 54.7 Å². The summed E-state index contributed by atoms with van der Waals surface area (Å²) >= 11 is 0. The highest BCUT2D eigenvalue weighted by Gasteiger charge is 2.62. The molecule has 62 heavy (non-hydrogen) atoms. The molecule has 0 spiro atoms. The molecule has 0 aromatic heterocycles. The minimum Gasteiger partial charge on any atom is -0.508 e. The quantitative estimate of drug-likeness (QED) is 0.0823. The molecule has 3 aromatic carbocycles. The Bertz CT molecular complexity index is 2230. The van der Waals surface area contributed by atoms with Gasteiger partial charge in [-0.15, -0.1) is 0 Å². The van der Waals surface area contributed by atoms with Gasteiger partial charge in [0.25, 0.3) is 0 Å². The molecule has 18 heteroatoms. The molecule has 7 amide bonds. The smallest absolute Gasteiger partial charge is 0.407 e. The molecule has 326 valence electrons. The second kappa shape index (κ2) is 17.4. The lowest BCUT2D eigenvalue weighted by Gasteiger charge is -2.21. The van der Waals surface area contributed by atoms with Crippen LogP contribution in [0, 0.1) is 23.7 Å². The van der Waals surface area contributed by atoms with E-state index in [1.165, 1.54) is 12.1 Å². The van der Waals surface area contributed by atoms with Crippen molar-refractivity contribution in [2.75, 3.05) is 26.2 Å². The zero-order valence-electron chi connectivity index (χ0n) is 34.2. The van der Waals surface area contributed by atoms with Crippen molar-refractivity contribution in [1.29, 1.82) is 0 Å². The number of nitrogens with two attached hydrogens (primary N) is 1. The molecule has 0 bridgehead atoms. The predicted molar refractivity (Wildman–Crippen MR) is 223 cm³/mol. The number of carbonyl (C=O) groups excluding carboxylic acids is 7. The van der Waals surface area contributed by atoms with Gasteiger partial charge in [0.15, 0.2) is 0 Å². The maximum absolute atomic E-state index is 13.3. The first-order valence-electron chi connectivity index (χ1n) is 20.9. The van der Waals surface area contributed by atoms with Crippen LogP contribution in [0.4, 0.5) is 4.79 Å². The summed E-state index contributed by atoms with van der Waals surface area (Å²) < 4.78 is 5.60. The topological polar surface area (TPSA) is 271 Å². The predicted octanol–water partition coefficient (Wildman–Crippen LogP) is -1.14. The number of hydrogen-bond donors (Lipinski definition) is 10. The molecule has 0 unspecified atom stereocenters. The normalized spacial score (nSPS) is 26.2. The van der Waals surface area contributed by atoms with Crippen molar-refractivity contribution >= 4 is 41.5 Å². The second-order valence-corrected chi connectivity index (χ2v) is 16.9. The van der Waals surface area contributed by atoms with Crippen LogP contribution in [-0.2, 0) is 39.9 Å². The van der Waals surface area contributed by atoms with E-state index in [1.54, 1.807) is 26.0 Å². The summed E-state index contributed by atoms with van der Waals surface area (Å²) in [5, 5.41) is 32.2. The number of piperidine rings is 2. The number of rotatable bonds is 16. The third-order valence-electron chi connectivity index (χ3n) is 12.9. The maximum atomic E-state index is 13.3. The molecule has 2 heterocycles. The lowest BCUT2D eigenvalue weighted by molar-refractivity contribution is -0.130. The largest absolute Gasteiger partial charge is 0.508 e. The summed E-state index contributed by atoms with van der Waals surface area (Å²) in [6.45, 7) is 3.83. The first kappa shape index (κ1) is 42.2. The Hall–Kier alpha value is -6.53. The maximum Gasteiger partial charge on any atom is 0.407 e. The molecular weight excluding hydrogens is 799 g/mol. The van der Waals surface area contributed by atoms with Gasteiger partial charge in [-0.1, -0.05) is 60.7 Å². The molecule has 2 saturated carbocycles. The zero-order chi connectivity index (χ0) is 43.8. The Morgan fingerprint density at radius 3 is 1.82 bits per heavy atom. The van der Waals surface area contributed by atoms with Crippen LogP contribution < -0.4 is 48.3 Å². The monoisotopic (exact) mass is 849 g/mol. The summed E-state index contributed by atoms with van der Waals surface area (Å²) in [6.07, 6.45) is -0.603. The van der Waals surface area contributed by atoms with Gasteiger partial charge in [-0.3, -0.25) is 28.8 Å². The van der Waals surface area contributed by atoms with Crippen LogP contribution in [0.15, 0.2) is 72.8 Å². The standard InChI is InChI=1S/C44H51N9O9/c1-20(40(57)52-35-28-16-46-37(33(28)35)42(59)48-18-32(55)51-31(39(45)56)15-22-11-13-23(54)14-12-22)49-43(60)38-34-29(17-47-38)36(34)53-41(58)21(2)50-44(61)62-19-30-26-9-5-3-7-24(26)25-8-4-6-10-27(25)30/h3-14,20-21,28-31,33-38,46-47,54H,15-19H2,1-2H3,(H2,45,56)(H,48,59)(H,49,60)(H,50,61)(H,51,55)(H,52,57)(H,53,58)/t20-,21-,28+,29+,31-,33-,34-,35-,36-,37+,38+/m0/s1. The van der Waals surface area contributed by atoms with E-state index in [0.717, 1.165) is 22.3 Å². The number of aromatic hydroxyl groups is 1. The average Bonchev–Trinajstić information content (AvgIpc) is 3.83. The molecule has 2 aliphatic heterocycles. The molecule has 3 aromatic rings. The summed E-state index contributed by atoms with van der Waals surface area (Å²) in [4.78, 5) is 90.1. The fourth-order valence-corrected chi connectivity index (χ4v) is 9.42.